The van der Waals surface area contributed by atoms with Gasteiger partial charge in [-0.3, -0.25) is 4.79 Å². The van der Waals surface area contributed by atoms with E-state index in [1.807, 2.05) is 0 Å². The van der Waals surface area contributed by atoms with Crippen LogP contribution in [0.15, 0.2) is 0 Å². The molecule has 0 spiro atoms. The van der Waals surface area contributed by atoms with Crippen LogP contribution in [0.25, 0.3) is 0 Å². The summed E-state index contributed by atoms with van der Waals surface area (Å²) in [4.78, 5) is 10.4. The molecule has 0 saturated heterocycles. The van der Waals surface area contributed by atoms with Crippen molar-refractivity contribution in [3.05, 3.63) is 0 Å². The summed E-state index contributed by atoms with van der Waals surface area (Å²) in [6.45, 7) is 1.87. The molecule has 0 rings (SSSR count). The largest absolute Gasteiger partial charge is 0.465 e. The number of thioether (sulfide) groups is 1. The topological polar surface area (TPSA) is 26.3 Å². The van der Waals surface area contributed by atoms with Crippen molar-refractivity contribution in [3.8, 4) is 0 Å². The number of esters is 1. The zero-order valence-electron chi connectivity index (χ0n) is 5.47. The first-order chi connectivity index (χ1) is 4.66. The standard InChI is InChI=1S/C5H8F2O2S/c1-2-9-4(8)3-10-5(6)7/h5H,2-3H2,1H3. The number of carbonyl (C=O) groups is 1. The molecule has 0 aromatic heterocycles. The lowest BCUT2D eigenvalue weighted by molar-refractivity contribution is -0.139. The average molecular weight is 170 g/mol. The molecule has 0 aromatic carbocycles. The molecule has 0 amide bonds. The Hall–Kier alpha value is -0.320. The number of ether oxygens (including phenoxy) is 1. The lowest BCUT2D eigenvalue weighted by atomic mass is 10.8. The van der Waals surface area contributed by atoms with Gasteiger partial charge in [0.25, 0.3) is 5.76 Å². The molecule has 0 aromatic rings. The molecule has 0 bridgehead atoms. The van der Waals surface area contributed by atoms with E-state index in [4.69, 9.17) is 0 Å². The zero-order chi connectivity index (χ0) is 7.98. The first-order valence-electron chi connectivity index (χ1n) is 2.72. The molecule has 10 heavy (non-hydrogen) atoms. The summed E-state index contributed by atoms with van der Waals surface area (Å²) in [6, 6.07) is 0. The van der Waals surface area contributed by atoms with Crippen molar-refractivity contribution in [2.24, 2.45) is 0 Å². The Morgan fingerprint density at radius 1 is 1.70 bits per heavy atom. The monoisotopic (exact) mass is 170 g/mol. The van der Waals surface area contributed by atoms with Gasteiger partial charge in [-0.15, -0.1) is 0 Å². The van der Waals surface area contributed by atoms with Gasteiger partial charge in [0.15, 0.2) is 0 Å². The van der Waals surface area contributed by atoms with Crippen molar-refractivity contribution in [2.75, 3.05) is 12.4 Å². The Labute approximate surface area is 61.9 Å². The highest BCUT2D eigenvalue weighted by Crippen LogP contribution is 2.12. The van der Waals surface area contributed by atoms with Gasteiger partial charge in [-0.05, 0) is 6.92 Å². The van der Waals surface area contributed by atoms with Crippen LogP contribution >= 0.6 is 11.8 Å². The predicted octanol–water partition coefficient (Wildman–Crippen LogP) is 1.51. The fourth-order valence-electron chi connectivity index (χ4n) is 0.334. The highest BCUT2D eigenvalue weighted by molar-refractivity contribution is 8.00. The van der Waals surface area contributed by atoms with E-state index in [9.17, 15) is 13.6 Å². The second-order valence-corrected chi connectivity index (χ2v) is 2.36. The van der Waals surface area contributed by atoms with Gasteiger partial charge in [-0.1, -0.05) is 11.8 Å². The molecule has 0 aliphatic carbocycles. The average Bonchev–Trinajstić information content (AvgIpc) is 1.85. The van der Waals surface area contributed by atoms with Crippen molar-refractivity contribution in [1.82, 2.24) is 0 Å². The van der Waals surface area contributed by atoms with Gasteiger partial charge < -0.3 is 4.74 Å². The minimum Gasteiger partial charge on any atom is -0.465 e. The second kappa shape index (κ2) is 5.46. The van der Waals surface area contributed by atoms with Crippen molar-refractivity contribution in [3.63, 3.8) is 0 Å². The summed E-state index contributed by atoms with van der Waals surface area (Å²) in [6.07, 6.45) is 0. The van der Waals surface area contributed by atoms with Crippen LogP contribution in [0.5, 0.6) is 0 Å². The van der Waals surface area contributed by atoms with Gasteiger partial charge in [0.2, 0.25) is 0 Å². The van der Waals surface area contributed by atoms with Crippen LogP contribution in [0, 0.1) is 0 Å². The summed E-state index contributed by atoms with van der Waals surface area (Å²) in [5.41, 5.74) is 0. The first-order valence-corrected chi connectivity index (χ1v) is 3.77. The van der Waals surface area contributed by atoms with Crippen molar-refractivity contribution >= 4 is 17.7 Å². The van der Waals surface area contributed by atoms with Gasteiger partial charge in [0.05, 0.1) is 12.4 Å². The van der Waals surface area contributed by atoms with Crippen molar-refractivity contribution in [2.45, 2.75) is 12.7 Å². The third kappa shape index (κ3) is 5.81. The fraction of sp³-hybridized carbons (Fsp3) is 0.800. The van der Waals surface area contributed by atoms with Crippen LogP contribution in [0.2, 0.25) is 0 Å². The number of alkyl halides is 2. The Morgan fingerprint density at radius 3 is 2.70 bits per heavy atom. The van der Waals surface area contributed by atoms with E-state index < -0.39 is 11.7 Å². The minimum atomic E-state index is -2.50. The molecule has 0 radical (unpaired) electrons. The molecular weight excluding hydrogens is 162 g/mol. The fourth-order valence-corrected chi connectivity index (χ4v) is 0.679. The van der Waals surface area contributed by atoms with E-state index in [1.54, 1.807) is 6.92 Å². The summed E-state index contributed by atoms with van der Waals surface area (Å²) in [5.74, 6) is -3.36. The molecule has 2 nitrogen and oxygen atoms in total. The maximum absolute atomic E-state index is 11.4. The molecule has 0 heterocycles. The maximum Gasteiger partial charge on any atom is 0.316 e. The zero-order valence-corrected chi connectivity index (χ0v) is 6.29. The lowest BCUT2D eigenvalue weighted by Gasteiger charge is -1.99. The van der Waals surface area contributed by atoms with Crippen LogP contribution in [-0.4, -0.2) is 24.1 Å². The van der Waals surface area contributed by atoms with Crippen LogP contribution in [0.1, 0.15) is 6.92 Å². The number of hydrogen-bond donors (Lipinski definition) is 0. The summed E-state index contributed by atoms with van der Waals surface area (Å²) in [5, 5.41) is 0. The molecule has 0 fully saturated rings. The van der Waals surface area contributed by atoms with Gasteiger partial charge in [0, 0.05) is 0 Å². The number of halogens is 2. The van der Waals surface area contributed by atoms with Gasteiger partial charge in [0.1, 0.15) is 0 Å². The third-order valence-electron chi connectivity index (χ3n) is 0.632. The summed E-state index contributed by atoms with van der Waals surface area (Å²) < 4.78 is 27.2. The normalized spacial score (nSPS) is 10.0. The van der Waals surface area contributed by atoms with Crippen LogP contribution in [-0.2, 0) is 9.53 Å². The van der Waals surface area contributed by atoms with Crippen LogP contribution in [0.4, 0.5) is 8.78 Å². The van der Waals surface area contributed by atoms with Gasteiger partial charge in [-0.2, -0.15) is 8.78 Å². The van der Waals surface area contributed by atoms with E-state index >= 15 is 0 Å². The number of carbonyl (C=O) groups excluding carboxylic acids is 1. The highest BCUT2D eigenvalue weighted by atomic mass is 32.2. The molecular formula is C5H8F2O2S. The van der Waals surface area contributed by atoms with E-state index in [1.165, 1.54) is 0 Å². The molecule has 0 aliphatic heterocycles. The molecule has 5 heteroatoms. The van der Waals surface area contributed by atoms with Gasteiger partial charge in [-0.25, -0.2) is 0 Å². The molecule has 60 valence electrons. The lowest BCUT2D eigenvalue weighted by Crippen LogP contribution is -2.07. The Kier molecular flexibility index (Phi) is 5.29. The van der Waals surface area contributed by atoms with Gasteiger partial charge >= 0.3 is 5.97 Å². The molecule has 0 aliphatic rings. The third-order valence-corrected chi connectivity index (χ3v) is 1.29. The van der Waals surface area contributed by atoms with E-state index in [0.717, 1.165) is 0 Å². The molecule has 0 atom stereocenters. The van der Waals surface area contributed by atoms with Crippen LogP contribution in [0.3, 0.4) is 0 Å². The van der Waals surface area contributed by atoms with Crippen LogP contribution < -0.4 is 0 Å². The quantitative estimate of drug-likeness (QED) is 0.598. The smallest absolute Gasteiger partial charge is 0.316 e. The Balaban J connectivity index is 3.22. The number of hydrogen-bond acceptors (Lipinski definition) is 3. The second-order valence-electron chi connectivity index (χ2n) is 1.38. The molecule has 0 saturated carbocycles. The Morgan fingerprint density at radius 2 is 2.30 bits per heavy atom. The summed E-state index contributed by atoms with van der Waals surface area (Å²) in [7, 11) is 0. The SMILES string of the molecule is CCOC(=O)CSC(F)F. The molecule has 0 N–H and O–H groups in total. The van der Waals surface area contributed by atoms with E-state index in [2.05, 4.69) is 4.74 Å². The van der Waals surface area contributed by atoms with E-state index in [-0.39, 0.29) is 24.1 Å². The Bertz CT molecular complexity index is 108. The van der Waals surface area contributed by atoms with Crippen molar-refractivity contribution in [1.29, 1.82) is 0 Å². The molecule has 0 unspecified atom stereocenters. The predicted molar refractivity (Wildman–Crippen MR) is 35.1 cm³/mol. The highest BCUT2D eigenvalue weighted by Gasteiger charge is 2.07. The van der Waals surface area contributed by atoms with Crippen molar-refractivity contribution < 1.29 is 18.3 Å². The first kappa shape index (κ1) is 9.68. The maximum atomic E-state index is 11.4. The summed E-state index contributed by atoms with van der Waals surface area (Å²) >= 11 is 0.271. The number of rotatable bonds is 4. The minimum absolute atomic E-state index is 0.239. The van der Waals surface area contributed by atoms with E-state index in [0.29, 0.717) is 0 Å².